The minimum absolute atomic E-state index is 0.0791. The van der Waals surface area contributed by atoms with Crippen LogP contribution in [0.4, 0.5) is 11.4 Å². The topological polar surface area (TPSA) is 80.5 Å². The molecule has 0 saturated carbocycles. The molecule has 0 N–H and O–H groups in total. The summed E-state index contributed by atoms with van der Waals surface area (Å²) in [6.07, 6.45) is 0. The highest BCUT2D eigenvalue weighted by Crippen LogP contribution is 2.32. The van der Waals surface area contributed by atoms with Crippen LogP contribution < -0.4 is 4.90 Å². The van der Waals surface area contributed by atoms with Gasteiger partial charge in [-0.3, -0.25) is 19.7 Å². The number of non-ortho nitro benzene ring substituents is 1. The van der Waals surface area contributed by atoms with Gasteiger partial charge in [0.25, 0.3) is 17.4 Å². The molecule has 92 valence electrons. The number of carbonyl (C=O) groups is 2. The minimum Gasteiger partial charge on any atom is -0.301 e. The van der Waals surface area contributed by atoms with Crippen molar-refractivity contribution in [2.75, 3.05) is 11.4 Å². The van der Waals surface area contributed by atoms with Gasteiger partial charge in [0.1, 0.15) is 0 Å². The summed E-state index contributed by atoms with van der Waals surface area (Å²) in [4.78, 5) is 34.8. The summed E-state index contributed by atoms with van der Waals surface area (Å²) in [5, 5.41) is 10.6. The average molecular weight is 246 g/mol. The van der Waals surface area contributed by atoms with Gasteiger partial charge in [-0.05, 0) is 13.0 Å². The molecule has 0 fully saturated rings. The lowest BCUT2D eigenvalue weighted by Crippen LogP contribution is -2.30. The van der Waals surface area contributed by atoms with Crippen LogP contribution in [-0.4, -0.2) is 23.2 Å². The Hall–Kier alpha value is -2.50. The number of Topliss-reactive ketones (excluding diaryl/α,β-unsaturated/α-hetero) is 1. The van der Waals surface area contributed by atoms with Crippen molar-refractivity contribution < 1.29 is 14.5 Å². The van der Waals surface area contributed by atoms with Gasteiger partial charge in [0, 0.05) is 18.7 Å². The third-order valence-electron chi connectivity index (χ3n) is 2.59. The van der Waals surface area contributed by atoms with Crippen LogP contribution in [0, 0.1) is 10.1 Å². The quantitative estimate of drug-likeness (QED) is 0.352. The first-order chi connectivity index (χ1) is 8.41. The molecule has 18 heavy (non-hydrogen) atoms. The van der Waals surface area contributed by atoms with E-state index in [9.17, 15) is 19.7 Å². The highest BCUT2D eigenvalue weighted by molar-refractivity contribution is 6.52. The first kappa shape index (κ1) is 12.0. The fourth-order valence-electron chi connectivity index (χ4n) is 1.83. The fourth-order valence-corrected chi connectivity index (χ4v) is 1.83. The molecule has 0 radical (unpaired) electrons. The number of hydrogen-bond donors (Lipinski definition) is 0. The van der Waals surface area contributed by atoms with E-state index in [1.54, 1.807) is 6.92 Å². The van der Waals surface area contributed by atoms with Crippen molar-refractivity contribution in [3.05, 3.63) is 46.0 Å². The summed E-state index contributed by atoms with van der Waals surface area (Å²) in [5.41, 5.74) is 1.00. The Morgan fingerprint density at radius 3 is 2.67 bits per heavy atom. The minimum atomic E-state index is -0.713. The standard InChI is InChI=1S/C12H10N2O4/c1-7(2)6-13-10-4-3-8(14(17)18)5-9(10)11(15)12(13)16/h3-5H,1,6H2,2H3. The Bertz CT molecular complexity index is 592. The number of carbonyl (C=O) groups excluding carboxylic acids is 2. The molecular formula is C12H10N2O4. The molecule has 0 aromatic heterocycles. The first-order valence-corrected chi connectivity index (χ1v) is 5.21. The third kappa shape index (κ3) is 1.77. The van der Waals surface area contributed by atoms with Crippen LogP contribution in [0.2, 0.25) is 0 Å². The Labute approximate surface area is 103 Å². The third-order valence-corrected chi connectivity index (χ3v) is 2.59. The molecule has 1 aromatic rings. The number of nitrogens with zero attached hydrogens (tertiary/aromatic N) is 2. The highest BCUT2D eigenvalue weighted by atomic mass is 16.6. The maximum Gasteiger partial charge on any atom is 0.299 e. The van der Waals surface area contributed by atoms with Gasteiger partial charge in [-0.1, -0.05) is 12.2 Å². The monoisotopic (exact) mass is 246 g/mol. The van der Waals surface area contributed by atoms with Crippen LogP contribution >= 0.6 is 0 Å². The molecule has 1 amide bonds. The number of amides is 1. The van der Waals surface area contributed by atoms with E-state index < -0.39 is 16.6 Å². The molecule has 0 saturated heterocycles. The fraction of sp³-hybridized carbons (Fsp3) is 0.167. The van der Waals surface area contributed by atoms with Gasteiger partial charge in [0.15, 0.2) is 0 Å². The number of ketones is 1. The average Bonchev–Trinajstić information content (AvgIpc) is 2.54. The number of rotatable bonds is 3. The molecule has 1 heterocycles. The van der Waals surface area contributed by atoms with Gasteiger partial charge in [0.05, 0.1) is 16.2 Å². The molecule has 2 rings (SSSR count). The zero-order valence-corrected chi connectivity index (χ0v) is 9.67. The smallest absolute Gasteiger partial charge is 0.299 e. The van der Waals surface area contributed by atoms with E-state index in [0.29, 0.717) is 5.69 Å². The number of nitro benzene ring substituents is 1. The number of benzene rings is 1. The highest BCUT2D eigenvalue weighted by Gasteiger charge is 2.36. The summed E-state index contributed by atoms with van der Waals surface area (Å²) in [6.45, 7) is 5.65. The molecule has 1 aliphatic rings. The number of hydrogen-bond acceptors (Lipinski definition) is 4. The van der Waals surface area contributed by atoms with Crippen molar-refractivity contribution >= 4 is 23.1 Å². The Morgan fingerprint density at radius 1 is 1.44 bits per heavy atom. The van der Waals surface area contributed by atoms with E-state index in [-0.39, 0.29) is 17.8 Å². The number of anilines is 1. The van der Waals surface area contributed by atoms with Crippen molar-refractivity contribution in [3.8, 4) is 0 Å². The van der Waals surface area contributed by atoms with E-state index in [0.717, 1.165) is 11.6 Å². The molecule has 0 spiro atoms. The van der Waals surface area contributed by atoms with Gasteiger partial charge < -0.3 is 4.90 Å². The van der Waals surface area contributed by atoms with Gasteiger partial charge >= 0.3 is 0 Å². The van der Waals surface area contributed by atoms with E-state index in [1.807, 2.05) is 0 Å². The summed E-state index contributed by atoms with van der Waals surface area (Å²) >= 11 is 0. The van der Waals surface area contributed by atoms with Crippen molar-refractivity contribution in [2.24, 2.45) is 0 Å². The van der Waals surface area contributed by atoms with Crippen LogP contribution in [0.15, 0.2) is 30.4 Å². The molecule has 1 aromatic carbocycles. The lowest BCUT2D eigenvalue weighted by molar-refractivity contribution is -0.384. The lowest BCUT2D eigenvalue weighted by Gasteiger charge is -2.15. The van der Waals surface area contributed by atoms with Gasteiger partial charge in [-0.25, -0.2) is 0 Å². The van der Waals surface area contributed by atoms with Crippen molar-refractivity contribution in [1.29, 1.82) is 0 Å². The van der Waals surface area contributed by atoms with Crippen LogP contribution in [0.1, 0.15) is 17.3 Å². The van der Waals surface area contributed by atoms with Gasteiger partial charge in [-0.2, -0.15) is 0 Å². The Balaban J connectivity index is 2.51. The van der Waals surface area contributed by atoms with Gasteiger partial charge in [0.2, 0.25) is 0 Å². The maximum atomic E-state index is 11.7. The maximum absolute atomic E-state index is 11.7. The second-order valence-electron chi connectivity index (χ2n) is 4.14. The zero-order valence-electron chi connectivity index (χ0n) is 9.67. The van der Waals surface area contributed by atoms with Crippen molar-refractivity contribution in [1.82, 2.24) is 0 Å². The summed E-state index contributed by atoms with van der Waals surface area (Å²) < 4.78 is 0. The summed E-state index contributed by atoms with van der Waals surface area (Å²) in [7, 11) is 0. The number of nitro groups is 1. The second kappa shape index (κ2) is 4.06. The van der Waals surface area contributed by atoms with E-state index in [4.69, 9.17) is 0 Å². The first-order valence-electron chi connectivity index (χ1n) is 5.21. The second-order valence-corrected chi connectivity index (χ2v) is 4.14. The lowest BCUT2D eigenvalue weighted by atomic mass is 10.1. The van der Waals surface area contributed by atoms with E-state index >= 15 is 0 Å². The normalized spacial score (nSPS) is 13.7. The summed E-state index contributed by atoms with van der Waals surface area (Å²) in [5.74, 6) is -1.39. The predicted octanol–water partition coefficient (Wildman–Crippen LogP) is 1.70. The van der Waals surface area contributed by atoms with Crippen LogP contribution in [0.25, 0.3) is 0 Å². The number of fused-ring (bicyclic) bond motifs is 1. The molecule has 1 aliphatic heterocycles. The Kier molecular flexibility index (Phi) is 2.70. The largest absolute Gasteiger partial charge is 0.301 e. The zero-order chi connectivity index (χ0) is 13.4. The molecule has 0 aliphatic carbocycles. The van der Waals surface area contributed by atoms with Crippen molar-refractivity contribution in [3.63, 3.8) is 0 Å². The molecular weight excluding hydrogens is 236 g/mol. The van der Waals surface area contributed by atoms with E-state index in [1.165, 1.54) is 17.0 Å². The van der Waals surface area contributed by atoms with Crippen molar-refractivity contribution in [2.45, 2.75) is 6.92 Å². The Morgan fingerprint density at radius 2 is 2.11 bits per heavy atom. The molecule has 0 bridgehead atoms. The summed E-state index contributed by atoms with van der Waals surface area (Å²) in [6, 6.07) is 3.82. The van der Waals surface area contributed by atoms with Crippen LogP contribution in [-0.2, 0) is 4.79 Å². The molecule has 0 unspecified atom stereocenters. The van der Waals surface area contributed by atoms with E-state index in [2.05, 4.69) is 6.58 Å². The van der Waals surface area contributed by atoms with Crippen LogP contribution in [0.3, 0.4) is 0 Å². The molecule has 0 atom stereocenters. The SMILES string of the molecule is C=C(C)CN1C(=O)C(=O)c2cc([N+](=O)[O-])ccc21. The molecule has 6 nitrogen and oxygen atoms in total. The molecule has 6 heteroatoms. The van der Waals surface area contributed by atoms with Crippen LogP contribution in [0.5, 0.6) is 0 Å². The predicted molar refractivity (Wildman–Crippen MR) is 64.6 cm³/mol. The van der Waals surface area contributed by atoms with Gasteiger partial charge in [-0.15, -0.1) is 0 Å².